The second kappa shape index (κ2) is 4.23. The molecule has 1 N–H and O–H groups in total. The maximum atomic E-state index is 12.3. The number of aromatic amines is 1. The minimum atomic E-state index is -0.665. The maximum absolute atomic E-state index is 12.3. The summed E-state index contributed by atoms with van der Waals surface area (Å²) in [5, 5.41) is 1.97. The van der Waals surface area contributed by atoms with Crippen LogP contribution in [0.2, 0.25) is 10.0 Å². The van der Waals surface area contributed by atoms with E-state index >= 15 is 0 Å². The van der Waals surface area contributed by atoms with Gasteiger partial charge in [-0.15, -0.1) is 0 Å². The molecule has 0 atom stereocenters. The van der Waals surface area contributed by atoms with E-state index in [9.17, 15) is 4.79 Å². The molecule has 2 aromatic rings. The monoisotopic (exact) mass is 409 g/mol. The molecule has 0 aliphatic heterocycles. The number of carbonyl (C=O) groups is 1. The van der Waals surface area contributed by atoms with Crippen molar-refractivity contribution in [2.75, 3.05) is 0 Å². The lowest BCUT2D eigenvalue weighted by atomic mass is 9.94. The van der Waals surface area contributed by atoms with Gasteiger partial charge < -0.3 is 4.98 Å². The van der Waals surface area contributed by atoms with E-state index in [0.717, 1.165) is 22.9 Å². The highest BCUT2D eigenvalue weighted by Crippen LogP contribution is 2.43. The fourth-order valence-electron chi connectivity index (χ4n) is 2.28. The van der Waals surface area contributed by atoms with Gasteiger partial charge in [0.25, 0.3) is 0 Å². The number of aryl methyl sites for hydroxylation is 1. The lowest BCUT2D eigenvalue weighted by molar-refractivity contribution is 0.0968. The molecule has 1 heterocycles. The highest BCUT2D eigenvalue weighted by molar-refractivity contribution is 9.26. The Hall–Kier alpha value is -0.0300. The number of Topliss-reactive ketones (excluding diaryl/α,β-unsaturated/α-hetero) is 1. The van der Waals surface area contributed by atoms with Crippen LogP contribution >= 0.6 is 55.1 Å². The highest BCUT2D eigenvalue weighted by Gasteiger charge is 2.39. The normalized spacial score (nSPS) is 18.1. The largest absolute Gasteiger partial charge is 0.352 e. The number of hydrogen-bond acceptors (Lipinski definition) is 1. The maximum Gasteiger partial charge on any atom is 0.206 e. The predicted molar refractivity (Wildman–Crippen MR) is 81.6 cm³/mol. The van der Waals surface area contributed by atoms with Crippen molar-refractivity contribution >= 4 is 71.7 Å². The summed E-state index contributed by atoms with van der Waals surface area (Å²) in [6.07, 6.45) is 1.50. The molecule has 1 aromatic carbocycles. The van der Waals surface area contributed by atoms with Crippen molar-refractivity contribution in [2.24, 2.45) is 0 Å². The number of H-pyrrole nitrogens is 1. The van der Waals surface area contributed by atoms with Gasteiger partial charge in [0, 0.05) is 10.9 Å². The Morgan fingerprint density at radius 1 is 1.22 bits per heavy atom. The molecule has 0 radical (unpaired) electrons. The van der Waals surface area contributed by atoms with E-state index in [2.05, 4.69) is 36.8 Å². The summed E-state index contributed by atoms with van der Waals surface area (Å²) in [5.41, 5.74) is 2.49. The summed E-state index contributed by atoms with van der Waals surface area (Å²) in [7, 11) is 0. The zero-order valence-corrected chi connectivity index (χ0v) is 13.7. The Kier molecular flexibility index (Phi) is 3.05. The van der Waals surface area contributed by atoms with E-state index < -0.39 is 3.23 Å². The van der Waals surface area contributed by atoms with Crippen LogP contribution in [0.25, 0.3) is 10.9 Å². The molecule has 0 saturated carbocycles. The molecule has 2 nitrogen and oxygen atoms in total. The van der Waals surface area contributed by atoms with Crippen LogP contribution in [0.1, 0.15) is 22.5 Å². The average Bonchev–Trinajstić information content (AvgIpc) is 2.63. The molecule has 3 rings (SSSR count). The SMILES string of the molecule is O=C1c2[nH]c3cc(Cl)c(Cl)cc3c2CCC1(Br)Br. The molecule has 94 valence electrons. The molecule has 1 aliphatic rings. The Balaban J connectivity index is 2.30. The lowest BCUT2D eigenvalue weighted by Crippen LogP contribution is -2.30. The summed E-state index contributed by atoms with van der Waals surface area (Å²) >= 11 is 18.8. The zero-order valence-electron chi connectivity index (χ0n) is 8.99. The number of carbonyl (C=O) groups excluding carboxylic acids is 1. The Morgan fingerprint density at radius 3 is 2.61 bits per heavy atom. The van der Waals surface area contributed by atoms with Gasteiger partial charge >= 0.3 is 0 Å². The van der Waals surface area contributed by atoms with Gasteiger partial charge in [0.1, 0.15) is 3.23 Å². The third-order valence-corrected chi connectivity index (χ3v) is 5.43. The van der Waals surface area contributed by atoms with Gasteiger partial charge in [-0.2, -0.15) is 0 Å². The molecule has 0 bridgehead atoms. The number of aromatic nitrogens is 1. The van der Waals surface area contributed by atoms with Crippen molar-refractivity contribution in [3.8, 4) is 0 Å². The topological polar surface area (TPSA) is 32.9 Å². The molecule has 0 saturated heterocycles. The molecule has 18 heavy (non-hydrogen) atoms. The van der Waals surface area contributed by atoms with Crippen molar-refractivity contribution in [3.63, 3.8) is 0 Å². The zero-order chi connectivity index (χ0) is 13.1. The number of fused-ring (bicyclic) bond motifs is 3. The first kappa shape index (κ1) is 13.0. The van der Waals surface area contributed by atoms with Gasteiger partial charge in [-0.3, -0.25) is 4.79 Å². The Bertz CT molecular complexity index is 678. The van der Waals surface area contributed by atoms with E-state index in [1.165, 1.54) is 0 Å². The summed E-state index contributed by atoms with van der Waals surface area (Å²) in [4.78, 5) is 15.4. The number of halogens is 4. The molecular weight excluding hydrogens is 405 g/mol. The number of rotatable bonds is 0. The molecule has 0 spiro atoms. The van der Waals surface area contributed by atoms with E-state index in [1.807, 2.05) is 6.07 Å². The minimum Gasteiger partial charge on any atom is -0.352 e. The van der Waals surface area contributed by atoms with Gasteiger partial charge in [0.15, 0.2) is 0 Å². The van der Waals surface area contributed by atoms with Crippen molar-refractivity contribution < 1.29 is 4.79 Å². The van der Waals surface area contributed by atoms with Crippen molar-refractivity contribution in [1.82, 2.24) is 4.98 Å². The second-order valence-electron chi connectivity index (χ2n) is 4.32. The molecular formula is C12H7Br2Cl2NO. The van der Waals surface area contributed by atoms with Crippen molar-refractivity contribution in [3.05, 3.63) is 33.4 Å². The average molecular weight is 412 g/mol. The molecule has 0 unspecified atom stereocenters. The number of nitrogens with one attached hydrogen (secondary N) is 1. The first-order chi connectivity index (χ1) is 8.40. The van der Waals surface area contributed by atoms with Gasteiger partial charge in [-0.1, -0.05) is 55.1 Å². The van der Waals surface area contributed by atoms with Gasteiger partial charge in [0.05, 0.1) is 15.7 Å². The third-order valence-electron chi connectivity index (χ3n) is 3.20. The van der Waals surface area contributed by atoms with E-state index in [1.54, 1.807) is 6.07 Å². The first-order valence-corrected chi connectivity index (χ1v) is 7.66. The van der Waals surface area contributed by atoms with Crippen LogP contribution in [0, 0.1) is 0 Å². The van der Waals surface area contributed by atoms with Crippen LogP contribution in [0.5, 0.6) is 0 Å². The van der Waals surface area contributed by atoms with Crippen LogP contribution in [0.4, 0.5) is 0 Å². The molecule has 0 amide bonds. The van der Waals surface area contributed by atoms with E-state index in [0.29, 0.717) is 22.2 Å². The predicted octanol–water partition coefficient (Wildman–Crippen LogP) is 5.09. The molecule has 1 aliphatic carbocycles. The highest BCUT2D eigenvalue weighted by atomic mass is 79.9. The fraction of sp³-hybridized carbons (Fsp3) is 0.250. The van der Waals surface area contributed by atoms with E-state index in [4.69, 9.17) is 23.2 Å². The summed E-state index contributed by atoms with van der Waals surface area (Å²) in [6.45, 7) is 0. The summed E-state index contributed by atoms with van der Waals surface area (Å²) in [5.74, 6) is 0.00666. The van der Waals surface area contributed by atoms with Crippen molar-refractivity contribution in [1.29, 1.82) is 0 Å². The molecule has 1 aromatic heterocycles. The fourth-order valence-corrected chi connectivity index (χ4v) is 3.40. The van der Waals surface area contributed by atoms with Crippen LogP contribution in [-0.2, 0) is 6.42 Å². The number of alkyl halides is 2. The van der Waals surface area contributed by atoms with Crippen LogP contribution in [0.3, 0.4) is 0 Å². The Labute approximate surface area is 130 Å². The summed E-state index contributed by atoms with van der Waals surface area (Å²) in [6, 6.07) is 3.58. The van der Waals surface area contributed by atoms with Crippen molar-refractivity contribution in [2.45, 2.75) is 16.1 Å². The van der Waals surface area contributed by atoms with E-state index in [-0.39, 0.29) is 5.78 Å². The quantitative estimate of drug-likeness (QED) is 0.602. The molecule has 6 heteroatoms. The number of benzene rings is 1. The molecule has 0 fully saturated rings. The first-order valence-electron chi connectivity index (χ1n) is 5.32. The third kappa shape index (κ3) is 1.85. The summed E-state index contributed by atoms with van der Waals surface area (Å²) < 4.78 is -0.665. The second-order valence-corrected chi connectivity index (χ2v) is 8.91. The number of hydrogen-bond donors (Lipinski definition) is 1. The van der Waals surface area contributed by atoms with Gasteiger partial charge in [0.2, 0.25) is 5.78 Å². The van der Waals surface area contributed by atoms with Crippen LogP contribution < -0.4 is 0 Å². The lowest BCUT2D eigenvalue weighted by Gasteiger charge is -2.23. The smallest absolute Gasteiger partial charge is 0.206 e. The van der Waals surface area contributed by atoms with Crippen LogP contribution in [0.15, 0.2) is 12.1 Å². The number of ketones is 1. The van der Waals surface area contributed by atoms with Gasteiger partial charge in [-0.05, 0) is 30.5 Å². The van der Waals surface area contributed by atoms with Crippen LogP contribution in [-0.4, -0.2) is 14.0 Å². The standard InChI is InChI=1S/C12H7Br2Cl2NO/c13-12(14)2-1-5-6-3-7(15)8(16)4-9(6)17-10(5)11(12)18/h3-4,17H,1-2H2. The van der Waals surface area contributed by atoms with Gasteiger partial charge in [-0.25, -0.2) is 0 Å². The Morgan fingerprint density at radius 2 is 1.89 bits per heavy atom. The minimum absolute atomic E-state index is 0.00666.